The third-order valence-corrected chi connectivity index (χ3v) is 5.75. The summed E-state index contributed by atoms with van der Waals surface area (Å²) in [6.07, 6.45) is -0.0840. The van der Waals surface area contributed by atoms with Crippen molar-refractivity contribution >= 4 is 10.0 Å². The van der Waals surface area contributed by atoms with Crippen LogP contribution in [0.3, 0.4) is 0 Å². The molecule has 5 nitrogen and oxygen atoms in total. The Balaban J connectivity index is 2.51. The zero-order valence-electron chi connectivity index (χ0n) is 15.3. The van der Waals surface area contributed by atoms with Crippen molar-refractivity contribution in [1.29, 1.82) is 0 Å². The van der Waals surface area contributed by atoms with E-state index in [9.17, 15) is 21.6 Å². The molecule has 9 heteroatoms. The quantitative estimate of drug-likeness (QED) is 0.812. The Morgan fingerprint density at radius 1 is 1.26 bits per heavy atom. The third-order valence-electron chi connectivity index (χ3n) is 4.77. The van der Waals surface area contributed by atoms with Gasteiger partial charge < -0.3 is 0 Å². The molecule has 1 saturated carbocycles. The SMILES string of the molecule is CC(C)(C)c1cc(S(N)(=O)=O)c(CC2CC2)c(-c2cn[nH]c2)c1C(F)(F)F. The smallest absolute Gasteiger partial charge is 0.285 e. The van der Waals surface area contributed by atoms with Crippen molar-refractivity contribution in [3.8, 4) is 11.1 Å². The van der Waals surface area contributed by atoms with E-state index >= 15 is 0 Å². The van der Waals surface area contributed by atoms with Crippen LogP contribution >= 0.6 is 0 Å². The second-order valence-corrected chi connectivity index (χ2v) is 9.61. The highest BCUT2D eigenvalue weighted by atomic mass is 32.2. The second kappa shape index (κ2) is 6.34. The number of primary sulfonamides is 1. The zero-order valence-corrected chi connectivity index (χ0v) is 16.1. The molecule has 0 spiro atoms. The molecule has 27 heavy (non-hydrogen) atoms. The fourth-order valence-electron chi connectivity index (χ4n) is 3.36. The van der Waals surface area contributed by atoms with Crippen LogP contribution in [-0.2, 0) is 28.0 Å². The molecule has 3 rings (SSSR count). The van der Waals surface area contributed by atoms with Gasteiger partial charge in [0.15, 0.2) is 0 Å². The monoisotopic (exact) mass is 401 g/mol. The molecular weight excluding hydrogens is 379 g/mol. The number of aromatic nitrogens is 2. The Kier molecular flexibility index (Phi) is 4.67. The minimum Gasteiger partial charge on any atom is -0.285 e. The number of aromatic amines is 1. The highest BCUT2D eigenvalue weighted by Gasteiger charge is 2.42. The van der Waals surface area contributed by atoms with Gasteiger partial charge in [0.2, 0.25) is 10.0 Å². The molecule has 2 aromatic rings. The number of halogens is 3. The van der Waals surface area contributed by atoms with Crippen LogP contribution in [-0.4, -0.2) is 18.6 Å². The largest absolute Gasteiger partial charge is 0.417 e. The zero-order chi connectivity index (χ0) is 20.2. The molecule has 1 aliphatic rings. The Labute approximate surface area is 156 Å². The van der Waals surface area contributed by atoms with Gasteiger partial charge in [-0.25, -0.2) is 13.6 Å². The Morgan fingerprint density at radius 3 is 2.30 bits per heavy atom. The van der Waals surface area contributed by atoms with Crippen molar-refractivity contribution < 1.29 is 21.6 Å². The molecule has 0 amide bonds. The van der Waals surface area contributed by atoms with Crippen LogP contribution in [0, 0.1) is 5.92 Å². The molecule has 0 bridgehead atoms. The van der Waals surface area contributed by atoms with Crippen molar-refractivity contribution in [3.05, 3.63) is 35.2 Å². The van der Waals surface area contributed by atoms with E-state index in [1.54, 1.807) is 20.8 Å². The average molecular weight is 401 g/mol. The van der Waals surface area contributed by atoms with E-state index in [-0.39, 0.29) is 39.5 Å². The fraction of sp³-hybridized carbons (Fsp3) is 0.500. The van der Waals surface area contributed by atoms with Crippen LogP contribution < -0.4 is 5.14 Å². The van der Waals surface area contributed by atoms with E-state index in [2.05, 4.69) is 10.2 Å². The average Bonchev–Trinajstić information content (AvgIpc) is 3.14. The summed E-state index contributed by atoms with van der Waals surface area (Å²) in [5.41, 5.74) is -1.68. The van der Waals surface area contributed by atoms with Gasteiger partial charge in [-0.15, -0.1) is 0 Å². The number of hydrogen-bond donors (Lipinski definition) is 2. The summed E-state index contributed by atoms with van der Waals surface area (Å²) >= 11 is 0. The number of H-pyrrole nitrogens is 1. The molecule has 1 aromatic carbocycles. The highest BCUT2D eigenvalue weighted by molar-refractivity contribution is 7.89. The van der Waals surface area contributed by atoms with Gasteiger partial charge in [-0.3, -0.25) is 5.10 Å². The molecule has 0 radical (unpaired) electrons. The molecule has 1 aliphatic carbocycles. The van der Waals surface area contributed by atoms with Gasteiger partial charge in [-0.1, -0.05) is 20.8 Å². The van der Waals surface area contributed by atoms with Crippen molar-refractivity contribution in [2.45, 2.75) is 56.5 Å². The van der Waals surface area contributed by atoms with Crippen LogP contribution in [0.25, 0.3) is 11.1 Å². The van der Waals surface area contributed by atoms with Gasteiger partial charge >= 0.3 is 6.18 Å². The molecular formula is C18H22F3N3O2S. The highest BCUT2D eigenvalue weighted by Crippen LogP contribution is 2.48. The van der Waals surface area contributed by atoms with Gasteiger partial charge in [0.05, 0.1) is 16.7 Å². The fourth-order valence-corrected chi connectivity index (χ4v) is 4.17. The molecule has 148 valence electrons. The van der Waals surface area contributed by atoms with Gasteiger partial charge in [-0.05, 0) is 47.8 Å². The lowest BCUT2D eigenvalue weighted by atomic mass is 9.79. The molecule has 1 heterocycles. The van der Waals surface area contributed by atoms with Crippen molar-refractivity contribution in [2.24, 2.45) is 11.1 Å². The van der Waals surface area contributed by atoms with E-state index in [1.807, 2.05) is 0 Å². The topological polar surface area (TPSA) is 88.8 Å². The molecule has 0 atom stereocenters. The maximum Gasteiger partial charge on any atom is 0.417 e. The van der Waals surface area contributed by atoms with Gasteiger partial charge in [0, 0.05) is 17.3 Å². The number of hydrogen-bond acceptors (Lipinski definition) is 3. The summed E-state index contributed by atoms with van der Waals surface area (Å²) in [5, 5.41) is 11.7. The molecule has 1 fully saturated rings. The van der Waals surface area contributed by atoms with E-state index in [0.29, 0.717) is 0 Å². The summed E-state index contributed by atoms with van der Waals surface area (Å²) < 4.78 is 67.1. The maximum atomic E-state index is 14.2. The standard InChI is InChI=1S/C18H22F3N3O2S/c1-17(2,3)13-7-14(27(22,25)26)12(6-10-4-5-10)15(11-8-23-24-9-11)16(13)18(19,20)21/h7-10H,4-6H2,1-3H3,(H,23,24)(H2,22,25,26). The van der Waals surface area contributed by atoms with E-state index in [0.717, 1.165) is 18.9 Å². The first-order valence-electron chi connectivity index (χ1n) is 8.59. The van der Waals surface area contributed by atoms with Gasteiger partial charge in [-0.2, -0.15) is 18.3 Å². The number of nitrogens with zero attached hydrogens (tertiary/aromatic N) is 1. The van der Waals surface area contributed by atoms with Gasteiger partial charge in [0.25, 0.3) is 0 Å². The summed E-state index contributed by atoms with van der Waals surface area (Å²) in [7, 11) is -4.21. The van der Waals surface area contributed by atoms with E-state index in [4.69, 9.17) is 5.14 Å². The first-order chi connectivity index (χ1) is 12.3. The number of nitrogens with one attached hydrogen (secondary N) is 1. The predicted molar refractivity (Wildman–Crippen MR) is 95.5 cm³/mol. The van der Waals surface area contributed by atoms with Crippen molar-refractivity contribution in [2.75, 3.05) is 0 Å². The summed E-state index contributed by atoms with van der Waals surface area (Å²) in [6.45, 7) is 4.85. The first-order valence-corrected chi connectivity index (χ1v) is 10.1. The minimum absolute atomic E-state index is 0.102. The van der Waals surface area contributed by atoms with Crippen molar-refractivity contribution in [3.63, 3.8) is 0 Å². The lowest BCUT2D eigenvalue weighted by molar-refractivity contribution is -0.138. The third kappa shape index (κ3) is 4.03. The molecule has 0 aliphatic heterocycles. The van der Waals surface area contributed by atoms with Crippen LogP contribution in [0.4, 0.5) is 13.2 Å². The number of alkyl halides is 3. The van der Waals surface area contributed by atoms with Gasteiger partial charge in [0.1, 0.15) is 0 Å². The Bertz CT molecular complexity index is 955. The normalized spacial score (nSPS) is 16.0. The molecule has 0 unspecified atom stereocenters. The lowest BCUT2D eigenvalue weighted by Gasteiger charge is -2.29. The minimum atomic E-state index is -4.66. The summed E-state index contributed by atoms with van der Waals surface area (Å²) in [5.74, 6) is 0.165. The molecule has 0 saturated heterocycles. The second-order valence-electron chi connectivity index (χ2n) is 8.08. The number of rotatable bonds is 4. The number of nitrogens with two attached hydrogens (primary N) is 1. The summed E-state index contributed by atoms with van der Waals surface area (Å²) in [4.78, 5) is -0.233. The Hall–Kier alpha value is -1.87. The lowest BCUT2D eigenvalue weighted by Crippen LogP contribution is -2.25. The number of benzene rings is 1. The van der Waals surface area contributed by atoms with Crippen LogP contribution in [0.5, 0.6) is 0 Å². The number of sulfonamides is 1. The van der Waals surface area contributed by atoms with Crippen molar-refractivity contribution in [1.82, 2.24) is 10.2 Å². The predicted octanol–water partition coefficient (Wildman–Crippen LogP) is 3.99. The maximum absolute atomic E-state index is 14.2. The van der Waals surface area contributed by atoms with Crippen LogP contribution in [0.15, 0.2) is 23.4 Å². The van der Waals surface area contributed by atoms with E-state index < -0.39 is 27.2 Å². The van der Waals surface area contributed by atoms with E-state index in [1.165, 1.54) is 12.4 Å². The van der Waals surface area contributed by atoms with Crippen LogP contribution in [0.1, 0.15) is 50.3 Å². The summed E-state index contributed by atoms with van der Waals surface area (Å²) in [6, 6.07) is 1.11. The molecule has 3 N–H and O–H groups in total. The molecule has 1 aromatic heterocycles. The Morgan fingerprint density at radius 2 is 1.89 bits per heavy atom. The first kappa shape index (κ1) is 19.9. The van der Waals surface area contributed by atoms with Crippen LogP contribution in [0.2, 0.25) is 0 Å².